The van der Waals surface area contributed by atoms with Crippen LogP contribution in [0.5, 0.6) is 0 Å². The second kappa shape index (κ2) is 6.87. The van der Waals surface area contributed by atoms with Crippen molar-refractivity contribution in [1.82, 2.24) is 20.0 Å². The Kier molecular flexibility index (Phi) is 4.90. The zero-order valence-electron chi connectivity index (χ0n) is 12.6. The van der Waals surface area contributed by atoms with E-state index < -0.39 is 0 Å². The molecule has 1 amide bonds. The molecule has 2 aliphatic heterocycles. The standard InChI is InChI=1S/C15H24N4OS/c1-17-8-10-19(11-9-17)15(20)14(13-3-2-12-21-13)18-6-4-16-5-7-18/h2-3,12,14,16H,4-11H2,1H3. The Morgan fingerprint density at radius 3 is 2.52 bits per heavy atom. The molecular formula is C15H24N4OS. The Morgan fingerprint density at radius 2 is 1.90 bits per heavy atom. The van der Waals surface area contributed by atoms with Crippen molar-refractivity contribution in [2.24, 2.45) is 0 Å². The average molecular weight is 308 g/mol. The smallest absolute Gasteiger partial charge is 0.245 e. The number of nitrogens with one attached hydrogen (secondary N) is 1. The molecule has 1 N–H and O–H groups in total. The normalized spacial score (nSPS) is 23.2. The van der Waals surface area contributed by atoms with Gasteiger partial charge in [-0.25, -0.2) is 0 Å². The third kappa shape index (κ3) is 3.45. The first kappa shape index (κ1) is 15.0. The first-order valence-electron chi connectivity index (χ1n) is 7.71. The maximum atomic E-state index is 13.1. The lowest BCUT2D eigenvalue weighted by atomic mass is 10.1. The van der Waals surface area contributed by atoms with E-state index >= 15 is 0 Å². The number of nitrogens with zero attached hydrogens (tertiary/aromatic N) is 3. The molecule has 116 valence electrons. The fraction of sp³-hybridized carbons (Fsp3) is 0.667. The number of piperazine rings is 2. The van der Waals surface area contributed by atoms with Crippen molar-refractivity contribution in [3.63, 3.8) is 0 Å². The summed E-state index contributed by atoms with van der Waals surface area (Å²) in [6, 6.07) is 4.06. The molecule has 0 spiro atoms. The van der Waals surface area contributed by atoms with Crippen LogP contribution in [-0.4, -0.2) is 80.0 Å². The first-order chi connectivity index (χ1) is 10.3. The van der Waals surface area contributed by atoms with E-state index in [2.05, 4.69) is 33.6 Å². The van der Waals surface area contributed by atoms with Gasteiger partial charge in [-0.1, -0.05) is 6.07 Å². The maximum Gasteiger partial charge on any atom is 0.245 e. The number of carbonyl (C=O) groups excluding carboxylic acids is 1. The second-order valence-electron chi connectivity index (χ2n) is 5.83. The van der Waals surface area contributed by atoms with Crippen molar-refractivity contribution in [1.29, 1.82) is 0 Å². The van der Waals surface area contributed by atoms with Gasteiger partial charge < -0.3 is 15.1 Å². The summed E-state index contributed by atoms with van der Waals surface area (Å²) in [6.45, 7) is 7.49. The van der Waals surface area contributed by atoms with Crippen LogP contribution in [-0.2, 0) is 4.79 Å². The predicted molar refractivity (Wildman–Crippen MR) is 85.6 cm³/mol. The molecule has 0 bridgehead atoms. The number of likely N-dealkylation sites (N-methyl/N-ethyl adjacent to an activating group) is 1. The lowest BCUT2D eigenvalue weighted by Gasteiger charge is -2.39. The number of thiophene rings is 1. The van der Waals surface area contributed by atoms with Crippen molar-refractivity contribution < 1.29 is 4.79 Å². The molecule has 2 aliphatic rings. The second-order valence-corrected chi connectivity index (χ2v) is 6.81. The molecule has 2 saturated heterocycles. The van der Waals surface area contributed by atoms with E-state index in [-0.39, 0.29) is 11.9 Å². The van der Waals surface area contributed by atoms with Gasteiger partial charge in [0, 0.05) is 57.2 Å². The van der Waals surface area contributed by atoms with Crippen molar-refractivity contribution in [3.05, 3.63) is 22.4 Å². The van der Waals surface area contributed by atoms with Crippen LogP contribution in [0.25, 0.3) is 0 Å². The van der Waals surface area contributed by atoms with Gasteiger partial charge >= 0.3 is 0 Å². The Hall–Kier alpha value is -0.950. The van der Waals surface area contributed by atoms with E-state index in [9.17, 15) is 4.79 Å². The maximum absolute atomic E-state index is 13.1. The molecule has 1 atom stereocenters. The summed E-state index contributed by atoms with van der Waals surface area (Å²) in [5.74, 6) is 0.285. The van der Waals surface area contributed by atoms with E-state index in [1.165, 1.54) is 4.88 Å². The van der Waals surface area contributed by atoms with Crippen LogP contribution in [0.15, 0.2) is 17.5 Å². The van der Waals surface area contributed by atoms with Crippen molar-refractivity contribution in [2.45, 2.75) is 6.04 Å². The number of carbonyl (C=O) groups is 1. The van der Waals surface area contributed by atoms with Crippen LogP contribution >= 0.6 is 11.3 Å². The van der Waals surface area contributed by atoms with Crippen LogP contribution < -0.4 is 5.32 Å². The molecule has 5 nitrogen and oxygen atoms in total. The monoisotopic (exact) mass is 308 g/mol. The van der Waals surface area contributed by atoms with Crippen LogP contribution in [0.1, 0.15) is 10.9 Å². The molecule has 1 aromatic rings. The van der Waals surface area contributed by atoms with Crippen molar-refractivity contribution in [2.75, 3.05) is 59.4 Å². The minimum atomic E-state index is -0.0875. The Labute approximate surface area is 130 Å². The average Bonchev–Trinajstić information content (AvgIpc) is 3.03. The number of amides is 1. The molecule has 3 rings (SSSR count). The van der Waals surface area contributed by atoms with Gasteiger partial charge in [-0.2, -0.15) is 0 Å². The van der Waals surface area contributed by atoms with E-state index in [1.807, 2.05) is 11.0 Å². The van der Waals surface area contributed by atoms with Gasteiger partial charge in [0.05, 0.1) is 0 Å². The zero-order valence-corrected chi connectivity index (χ0v) is 13.4. The van der Waals surface area contributed by atoms with E-state index in [4.69, 9.17) is 0 Å². The van der Waals surface area contributed by atoms with Gasteiger partial charge in [-0.05, 0) is 18.5 Å². The highest BCUT2D eigenvalue weighted by molar-refractivity contribution is 7.10. The van der Waals surface area contributed by atoms with Crippen LogP contribution in [0.2, 0.25) is 0 Å². The van der Waals surface area contributed by atoms with E-state index in [0.717, 1.165) is 52.4 Å². The largest absolute Gasteiger partial charge is 0.338 e. The van der Waals surface area contributed by atoms with Gasteiger partial charge in [-0.3, -0.25) is 9.69 Å². The molecule has 21 heavy (non-hydrogen) atoms. The SMILES string of the molecule is CN1CCN(C(=O)C(c2cccs2)N2CCNCC2)CC1. The lowest BCUT2D eigenvalue weighted by Crippen LogP contribution is -2.53. The van der Waals surface area contributed by atoms with Gasteiger partial charge in [0.2, 0.25) is 5.91 Å². The first-order valence-corrected chi connectivity index (χ1v) is 8.59. The third-order valence-electron chi connectivity index (χ3n) is 4.38. The van der Waals surface area contributed by atoms with Gasteiger partial charge in [0.25, 0.3) is 0 Å². The summed E-state index contributed by atoms with van der Waals surface area (Å²) in [6.07, 6.45) is 0. The van der Waals surface area contributed by atoms with Gasteiger partial charge in [0.1, 0.15) is 6.04 Å². The topological polar surface area (TPSA) is 38.8 Å². The summed E-state index contributed by atoms with van der Waals surface area (Å²) in [4.78, 5) is 20.9. The van der Waals surface area contributed by atoms with E-state index in [0.29, 0.717) is 0 Å². The zero-order chi connectivity index (χ0) is 14.7. The molecular weight excluding hydrogens is 284 g/mol. The number of hydrogen-bond acceptors (Lipinski definition) is 5. The lowest BCUT2D eigenvalue weighted by molar-refractivity contribution is -0.139. The van der Waals surface area contributed by atoms with E-state index in [1.54, 1.807) is 11.3 Å². The molecule has 0 radical (unpaired) electrons. The Morgan fingerprint density at radius 1 is 1.19 bits per heavy atom. The molecule has 2 fully saturated rings. The number of rotatable bonds is 3. The molecule has 0 aromatic carbocycles. The fourth-order valence-corrected chi connectivity index (χ4v) is 3.89. The van der Waals surface area contributed by atoms with Crippen LogP contribution in [0.3, 0.4) is 0 Å². The van der Waals surface area contributed by atoms with Crippen LogP contribution in [0, 0.1) is 0 Å². The van der Waals surface area contributed by atoms with Crippen molar-refractivity contribution >= 4 is 17.2 Å². The third-order valence-corrected chi connectivity index (χ3v) is 5.30. The summed E-state index contributed by atoms with van der Waals surface area (Å²) < 4.78 is 0. The molecule has 0 saturated carbocycles. The highest BCUT2D eigenvalue weighted by atomic mass is 32.1. The van der Waals surface area contributed by atoms with Crippen LogP contribution in [0.4, 0.5) is 0 Å². The molecule has 6 heteroatoms. The summed E-state index contributed by atoms with van der Waals surface area (Å²) in [5, 5.41) is 5.44. The Bertz CT molecular complexity index is 450. The predicted octanol–water partition coefficient (Wildman–Crippen LogP) is 0.468. The summed E-state index contributed by atoms with van der Waals surface area (Å²) in [5.41, 5.74) is 0. The molecule has 0 aliphatic carbocycles. The quantitative estimate of drug-likeness (QED) is 0.881. The molecule has 1 unspecified atom stereocenters. The van der Waals surface area contributed by atoms with Gasteiger partial charge in [0.15, 0.2) is 0 Å². The highest BCUT2D eigenvalue weighted by Gasteiger charge is 2.33. The highest BCUT2D eigenvalue weighted by Crippen LogP contribution is 2.28. The molecule has 1 aromatic heterocycles. The fourth-order valence-electron chi connectivity index (χ4n) is 3.04. The summed E-state index contributed by atoms with van der Waals surface area (Å²) in [7, 11) is 2.12. The summed E-state index contributed by atoms with van der Waals surface area (Å²) >= 11 is 1.70. The number of hydrogen-bond donors (Lipinski definition) is 1. The van der Waals surface area contributed by atoms with Crippen molar-refractivity contribution in [3.8, 4) is 0 Å². The minimum Gasteiger partial charge on any atom is -0.338 e. The minimum absolute atomic E-state index is 0.0875. The van der Waals surface area contributed by atoms with Gasteiger partial charge in [-0.15, -0.1) is 11.3 Å². The molecule has 3 heterocycles. The Balaban J connectivity index is 1.76.